The number of ether oxygens (including phenoxy) is 1. The van der Waals surface area contributed by atoms with E-state index >= 15 is 0 Å². The maximum atomic E-state index is 11.6. The molecule has 0 aliphatic rings. The van der Waals surface area contributed by atoms with Crippen LogP contribution in [-0.2, 0) is 20.7 Å². The molecule has 1 atom stereocenters. The van der Waals surface area contributed by atoms with Gasteiger partial charge in [-0.2, -0.15) is 5.10 Å². The van der Waals surface area contributed by atoms with Crippen molar-refractivity contribution < 1.29 is 19.4 Å². The highest BCUT2D eigenvalue weighted by atomic mass is 16.5. The first-order valence-corrected chi connectivity index (χ1v) is 5.82. The highest BCUT2D eigenvalue weighted by Gasteiger charge is 2.22. The molecule has 1 unspecified atom stereocenters. The lowest BCUT2D eigenvalue weighted by Crippen LogP contribution is -2.22. The normalized spacial score (nSPS) is 12.3. The summed E-state index contributed by atoms with van der Waals surface area (Å²) in [4.78, 5) is 22.3. The summed E-state index contributed by atoms with van der Waals surface area (Å²) >= 11 is 0. The molecule has 6 heteroatoms. The van der Waals surface area contributed by atoms with Gasteiger partial charge >= 0.3 is 11.9 Å². The average molecular weight is 262 g/mol. The second-order valence-electron chi connectivity index (χ2n) is 4.31. The second kappa shape index (κ2) is 5.51. The van der Waals surface area contributed by atoms with Gasteiger partial charge in [0.15, 0.2) is 0 Å². The minimum absolute atomic E-state index is 0.240. The van der Waals surface area contributed by atoms with Crippen LogP contribution < -0.4 is 0 Å². The molecule has 19 heavy (non-hydrogen) atoms. The Labute approximate surface area is 109 Å². The van der Waals surface area contributed by atoms with Crippen LogP contribution in [-0.4, -0.2) is 34.4 Å². The molecule has 0 bridgehead atoms. The summed E-state index contributed by atoms with van der Waals surface area (Å²) in [5, 5.41) is 16.5. The fraction of sp³-hybridized carbons (Fsp3) is 0.308. The molecule has 0 aliphatic carbocycles. The first kappa shape index (κ1) is 13.1. The number of carboxylic acid groups (broad SMARTS) is 1. The van der Waals surface area contributed by atoms with Crippen molar-refractivity contribution in [1.29, 1.82) is 0 Å². The minimum Gasteiger partial charge on any atom is -0.481 e. The number of aromatic nitrogens is 2. The molecule has 0 amide bonds. The van der Waals surface area contributed by atoms with Gasteiger partial charge in [-0.25, -0.2) is 0 Å². The van der Waals surface area contributed by atoms with Gasteiger partial charge in [0.1, 0.15) is 0 Å². The highest BCUT2D eigenvalue weighted by molar-refractivity contribution is 5.81. The van der Waals surface area contributed by atoms with E-state index in [0.717, 1.165) is 16.5 Å². The molecule has 2 N–H and O–H groups in total. The van der Waals surface area contributed by atoms with Gasteiger partial charge in [0.25, 0.3) is 0 Å². The van der Waals surface area contributed by atoms with Gasteiger partial charge in [0.05, 0.1) is 31.2 Å². The summed E-state index contributed by atoms with van der Waals surface area (Å²) in [6.07, 6.45) is 1.78. The number of aliphatic carboxylic acids is 1. The number of rotatable bonds is 5. The zero-order valence-corrected chi connectivity index (χ0v) is 10.4. The van der Waals surface area contributed by atoms with E-state index in [1.807, 2.05) is 18.2 Å². The predicted octanol–water partition coefficient (Wildman–Crippen LogP) is 1.37. The molecule has 6 nitrogen and oxygen atoms in total. The van der Waals surface area contributed by atoms with Crippen LogP contribution in [0.2, 0.25) is 0 Å². The van der Waals surface area contributed by atoms with E-state index in [2.05, 4.69) is 14.9 Å². The number of methoxy groups -OCH3 is 1. The Morgan fingerprint density at radius 3 is 2.95 bits per heavy atom. The van der Waals surface area contributed by atoms with Crippen LogP contribution in [0.4, 0.5) is 0 Å². The topological polar surface area (TPSA) is 92.3 Å². The fourth-order valence-corrected chi connectivity index (χ4v) is 2.02. The number of benzene rings is 1. The van der Waals surface area contributed by atoms with Gasteiger partial charge < -0.3 is 9.84 Å². The van der Waals surface area contributed by atoms with Crippen LogP contribution in [0.25, 0.3) is 10.9 Å². The molecular formula is C13H14N2O4. The number of nitrogens with one attached hydrogen (secondary N) is 1. The molecule has 0 aliphatic heterocycles. The van der Waals surface area contributed by atoms with Crippen molar-refractivity contribution in [3.63, 3.8) is 0 Å². The molecule has 1 aromatic heterocycles. The minimum atomic E-state index is -1.01. The Morgan fingerprint density at radius 2 is 2.26 bits per heavy atom. The third-order valence-corrected chi connectivity index (χ3v) is 2.94. The number of nitrogens with zero attached hydrogens (tertiary/aromatic N) is 1. The Balaban J connectivity index is 2.19. The Bertz CT molecular complexity index is 605. The van der Waals surface area contributed by atoms with Crippen molar-refractivity contribution in [1.82, 2.24) is 10.2 Å². The van der Waals surface area contributed by atoms with E-state index in [4.69, 9.17) is 5.11 Å². The molecule has 0 saturated carbocycles. The van der Waals surface area contributed by atoms with Gasteiger partial charge in [0, 0.05) is 5.39 Å². The van der Waals surface area contributed by atoms with Crippen LogP contribution in [0.15, 0.2) is 24.4 Å². The number of carbonyl (C=O) groups excluding carboxylic acids is 1. The van der Waals surface area contributed by atoms with Gasteiger partial charge in [-0.05, 0) is 24.1 Å². The third kappa shape index (κ3) is 3.09. The van der Waals surface area contributed by atoms with E-state index in [0.29, 0.717) is 6.42 Å². The quantitative estimate of drug-likeness (QED) is 0.794. The Hall–Kier alpha value is -2.37. The highest BCUT2D eigenvalue weighted by Crippen LogP contribution is 2.18. The van der Waals surface area contributed by atoms with Crippen molar-refractivity contribution in [3.05, 3.63) is 30.0 Å². The van der Waals surface area contributed by atoms with Crippen molar-refractivity contribution in [2.24, 2.45) is 5.92 Å². The molecule has 100 valence electrons. The van der Waals surface area contributed by atoms with Crippen LogP contribution >= 0.6 is 0 Å². The molecular weight excluding hydrogens is 248 g/mol. The Kier molecular flexibility index (Phi) is 3.79. The molecule has 0 fully saturated rings. The zero-order valence-electron chi connectivity index (χ0n) is 10.4. The maximum Gasteiger partial charge on any atom is 0.309 e. The molecule has 1 heterocycles. The predicted molar refractivity (Wildman–Crippen MR) is 67.6 cm³/mol. The van der Waals surface area contributed by atoms with Crippen LogP contribution in [0, 0.1) is 5.92 Å². The second-order valence-corrected chi connectivity index (χ2v) is 4.31. The Morgan fingerprint density at radius 1 is 1.47 bits per heavy atom. The summed E-state index contributed by atoms with van der Waals surface area (Å²) < 4.78 is 4.64. The van der Waals surface area contributed by atoms with Crippen LogP contribution in [0.5, 0.6) is 0 Å². The molecule has 2 rings (SSSR count). The first-order valence-electron chi connectivity index (χ1n) is 5.82. The largest absolute Gasteiger partial charge is 0.481 e. The monoisotopic (exact) mass is 262 g/mol. The average Bonchev–Trinajstić information content (AvgIpc) is 2.84. The number of esters is 1. The maximum absolute atomic E-state index is 11.6. The SMILES string of the molecule is COC(=O)C(CC(=O)O)Cc1ccc2[nH]ncc2c1. The number of carbonyl (C=O) groups is 2. The van der Waals surface area contributed by atoms with Crippen LogP contribution in [0.3, 0.4) is 0 Å². The fourth-order valence-electron chi connectivity index (χ4n) is 2.02. The van der Waals surface area contributed by atoms with E-state index in [9.17, 15) is 9.59 Å². The van der Waals surface area contributed by atoms with Crippen molar-refractivity contribution in [3.8, 4) is 0 Å². The molecule has 0 radical (unpaired) electrons. The number of fused-ring (bicyclic) bond motifs is 1. The van der Waals surface area contributed by atoms with Gasteiger partial charge in [-0.1, -0.05) is 6.07 Å². The van der Waals surface area contributed by atoms with E-state index in [-0.39, 0.29) is 6.42 Å². The van der Waals surface area contributed by atoms with Crippen molar-refractivity contribution in [2.45, 2.75) is 12.8 Å². The lowest BCUT2D eigenvalue weighted by atomic mass is 9.95. The zero-order chi connectivity index (χ0) is 13.8. The number of H-pyrrole nitrogens is 1. The smallest absolute Gasteiger partial charge is 0.309 e. The van der Waals surface area contributed by atoms with Gasteiger partial charge in [-0.3, -0.25) is 14.7 Å². The molecule has 2 aromatic rings. The first-order chi connectivity index (χ1) is 9.10. The molecule has 0 saturated heterocycles. The summed E-state index contributed by atoms with van der Waals surface area (Å²) in [5.74, 6) is -2.19. The number of carboxylic acids is 1. The number of aromatic amines is 1. The lowest BCUT2D eigenvalue weighted by molar-refractivity contribution is -0.150. The van der Waals surface area contributed by atoms with Crippen molar-refractivity contribution >= 4 is 22.8 Å². The van der Waals surface area contributed by atoms with E-state index in [1.165, 1.54) is 7.11 Å². The van der Waals surface area contributed by atoms with Crippen LogP contribution in [0.1, 0.15) is 12.0 Å². The summed E-state index contributed by atoms with van der Waals surface area (Å²) in [7, 11) is 1.26. The number of hydrogen-bond donors (Lipinski definition) is 2. The summed E-state index contributed by atoms with van der Waals surface area (Å²) in [6, 6.07) is 5.59. The van der Waals surface area contributed by atoms with Gasteiger partial charge in [-0.15, -0.1) is 0 Å². The summed E-state index contributed by atoms with van der Waals surface area (Å²) in [5.41, 5.74) is 1.78. The van der Waals surface area contributed by atoms with Gasteiger partial charge in [0.2, 0.25) is 0 Å². The van der Waals surface area contributed by atoms with E-state index in [1.54, 1.807) is 6.20 Å². The summed E-state index contributed by atoms with van der Waals surface area (Å²) in [6.45, 7) is 0. The lowest BCUT2D eigenvalue weighted by Gasteiger charge is -2.12. The third-order valence-electron chi connectivity index (χ3n) is 2.94. The van der Waals surface area contributed by atoms with Crippen molar-refractivity contribution in [2.75, 3.05) is 7.11 Å². The number of hydrogen-bond acceptors (Lipinski definition) is 4. The molecule has 1 aromatic carbocycles. The molecule has 0 spiro atoms. The standard InChI is InChI=1S/C13H14N2O4/c1-19-13(18)9(6-12(16)17)4-8-2-3-11-10(5-8)7-14-15-11/h2-3,5,7,9H,4,6H2,1H3,(H,14,15)(H,16,17). The van der Waals surface area contributed by atoms with E-state index < -0.39 is 17.9 Å².